The Morgan fingerprint density at radius 3 is 2.28 bits per heavy atom. The van der Waals surface area contributed by atoms with Gasteiger partial charge in [0.2, 0.25) is 0 Å². The van der Waals surface area contributed by atoms with Gasteiger partial charge in [0.05, 0.1) is 21.8 Å². The van der Waals surface area contributed by atoms with Crippen molar-refractivity contribution < 1.29 is 19.2 Å². The van der Waals surface area contributed by atoms with Crippen molar-refractivity contribution in [1.82, 2.24) is 9.80 Å². The van der Waals surface area contributed by atoms with Crippen LogP contribution in [0.1, 0.15) is 73.5 Å². The molecule has 0 unspecified atom stereocenters. The first-order chi connectivity index (χ1) is 15.3. The molecule has 0 bridgehead atoms. The molecule has 4 amide bonds. The zero-order chi connectivity index (χ0) is 23.0. The van der Waals surface area contributed by atoms with E-state index >= 15 is 0 Å². The molecule has 32 heavy (non-hydrogen) atoms. The van der Waals surface area contributed by atoms with Crippen molar-refractivity contribution in [2.75, 3.05) is 19.4 Å². The molecule has 1 aliphatic heterocycles. The minimum atomic E-state index is -0.486. The fourth-order valence-corrected chi connectivity index (χ4v) is 4.44. The number of rotatable bonds is 4. The van der Waals surface area contributed by atoms with Crippen LogP contribution >= 0.6 is 11.6 Å². The normalized spacial score (nSPS) is 16.2. The standard InChI is InChI=1S/C24H24ClN3O4/c1-27(2)22(30)15-9-11-19(25)20(13-15)26-21(29)14-8-10-17-18(12-14)24(32)28(23(17)31)16-6-4-3-5-7-16/h8-13,16H,3-7H2,1-2H3,(H,26,29). The lowest BCUT2D eigenvalue weighted by molar-refractivity contribution is 0.0548. The molecule has 1 fully saturated rings. The molecule has 1 N–H and O–H groups in total. The van der Waals surface area contributed by atoms with Gasteiger partial charge in [-0.2, -0.15) is 0 Å². The fourth-order valence-electron chi connectivity index (χ4n) is 4.28. The van der Waals surface area contributed by atoms with E-state index in [0.29, 0.717) is 11.1 Å². The van der Waals surface area contributed by atoms with E-state index in [1.54, 1.807) is 26.2 Å². The first-order valence-electron chi connectivity index (χ1n) is 10.6. The maximum Gasteiger partial charge on any atom is 0.261 e. The van der Waals surface area contributed by atoms with E-state index in [9.17, 15) is 19.2 Å². The summed E-state index contributed by atoms with van der Waals surface area (Å²) in [5.41, 5.74) is 1.48. The van der Waals surface area contributed by atoms with Crippen LogP contribution in [0.15, 0.2) is 36.4 Å². The summed E-state index contributed by atoms with van der Waals surface area (Å²) in [6.45, 7) is 0. The number of fused-ring (bicyclic) bond motifs is 1. The second-order valence-corrected chi connectivity index (χ2v) is 8.79. The molecule has 0 atom stereocenters. The highest BCUT2D eigenvalue weighted by Gasteiger charge is 2.40. The molecule has 2 aromatic rings. The van der Waals surface area contributed by atoms with Gasteiger partial charge in [-0.15, -0.1) is 0 Å². The zero-order valence-electron chi connectivity index (χ0n) is 18.0. The van der Waals surface area contributed by atoms with Gasteiger partial charge in [0.25, 0.3) is 23.6 Å². The number of benzene rings is 2. The SMILES string of the molecule is CN(C)C(=O)c1ccc(Cl)c(NC(=O)c2ccc3c(c2)C(=O)N(C2CCCCC2)C3=O)c1. The van der Waals surface area contributed by atoms with Crippen molar-refractivity contribution in [3.8, 4) is 0 Å². The van der Waals surface area contributed by atoms with Gasteiger partial charge in [-0.25, -0.2) is 0 Å². The monoisotopic (exact) mass is 453 g/mol. The number of nitrogens with one attached hydrogen (secondary N) is 1. The molecular weight excluding hydrogens is 430 g/mol. The van der Waals surface area contributed by atoms with Crippen molar-refractivity contribution in [1.29, 1.82) is 0 Å². The number of carbonyl (C=O) groups is 4. The van der Waals surface area contributed by atoms with Crippen molar-refractivity contribution in [3.05, 3.63) is 63.7 Å². The second kappa shape index (κ2) is 8.74. The number of imide groups is 1. The Kier molecular flexibility index (Phi) is 6.02. The van der Waals surface area contributed by atoms with Gasteiger partial charge in [0, 0.05) is 31.3 Å². The Labute approximate surface area is 191 Å². The third-order valence-electron chi connectivity index (χ3n) is 5.99. The molecule has 7 nitrogen and oxygen atoms in total. The van der Waals surface area contributed by atoms with Gasteiger partial charge in [-0.3, -0.25) is 24.1 Å². The number of carbonyl (C=O) groups excluding carboxylic acids is 4. The minimum absolute atomic E-state index is 0.0794. The Morgan fingerprint density at radius 1 is 0.938 bits per heavy atom. The van der Waals surface area contributed by atoms with E-state index in [4.69, 9.17) is 11.6 Å². The highest BCUT2D eigenvalue weighted by Crippen LogP contribution is 2.32. The number of anilines is 1. The third kappa shape index (κ3) is 4.00. The third-order valence-corrected chi connectivity index (χ3v) is 6.32. The number of hydrogen-bond acceptors (Lipinski definition) is 4. The summed E-state index contributed by atoms with van der Waals surface area (Å²) in [6, 6.07) is 9.06. The Bertz CT molecular complexity index is 1120. The van der Waals surface area contributed by atoms with Crippen LogP contribution in [0.5, 0.6) is 0 Å². The summed E-state index contributed by atoms with van der Waals surface area (Å²) in [6.07, 6.45) is 4.76. The largest absolute Gasteiger partial charge is 0.345 e. The van der Waals surface area contributed by atoms with Gasteiger partial charge < -0.3 is 10.2 Å². The van der Waals surface area contributed by atoms with Crippen LogP contribution in [0.25, 0.3) is 0 Å². The molecule has 1 aliphatic carbocycles. The Balaban J connectivity index is 1.57. The molecule has 0 spiro atoms. The van der Waals surface area contributed by atoms with Crippen LogP contribution in [0.2, 0.25) is 5.02 Å². The van der Waals surface area contributed by atoms with Crippen LogP contribution in [0, 0.1) is 0 Å². The highest BCUT2D eigenvalue weighted by molar-refractivity contribution is 6.34. The summed E-state index contributed by atoms with van der Waals surface area (Å²) >= 11 is 6.21. The lowest BCUT2D eigenvalue weighted by Crippen LogP contribution is -2.40. The first kappa shape index (κ1) is 22.0. The molecule has 4 rings (SSSR count). The lowest BCUT2D eigenvalue weighted by atomic mass is 9.94. The minimum Gasteiger partial charge on any atom is -0.345 e. The van der Waals surface area contributed by atoms with Crippen molar-refractivity contribution in [3.63, 3.8) is 0 Å². The molecule has 0 saturated heterocycles. The number of hydrogen-bond donors (Lipinski definition) is 1. The molecule has 0 radical (unpaired) electrons. The van der Waals surface area contributed by atoms with Crippen molar-refractivity contribution >= 4 is 40.9 Å². The van der Waals surface area contributed by atoms with Gasteiger partial charge in [0.15, 0.2) is 0 Å². The topological polar surface area (TPSA) is 86.8 Å². The maximum atomic E-state index is 13.0. The quantitative estimate of drug-likeness (QED) is 0.702. The predicted molar refractivity (Wildman–Crippen MR) is 121 cm³/mol. The summed E-state index contributed by atoms with van der Waals surface area (Å²) in [4.78, 5) is 53.7. The summed E-state index contributed by atoms with van der Waals surface area (Å²) < 4.78 is 0. The van der Waals surface area contributed by atoms with E-state index < -0.39 is 5.91 Å². The van der Waals surface area contributed by atoms with Gasteiger partial charge in [0.1, 0.15) is 0 Å². The van der Waals surface area contributed by atoms with E-state index in [1.165, 1.54) is 34.1 Å². The molecule has 166 valence electrons. The van der Waals surface area contributed by atoms with Crippen LogP contribution in [-0.2, 0) is 0 Å². The lowest BCUT2D eigenvalue weighted by Gasteiger charge is -2.29. The van der Waals surface area contributed by atoms with E-state index in [1.807, 2.05) is 0 Å². The number of nitrogens with zero attached hydrogens (tertiary/aromatic N) is 2. The molecule has 2 aliphatic rings. The van der Waals surface area contributed by atoms with Crippen LogP contribution in [0.4, 0.5) is 5.69 Å². The van der Waals surface area contributed by atoms with Gasteiger partial charge in [-0.05, 0) is 49.2 Å². The molecule has 8 heteroatoms. The predicted octanol–water partition coefficient (Wildman–Crippen LogP) is 4.22. The maximum absolute atomic E-state index is 13.0. The van der Waals surface area contributed by atoms with E-state index in [2.05, 4.69) is 5.32 Å². The average molecular weight is 454 g/mol. The average Bonchev–Trinajstić information content (AvgIpc) is 3.04. The molecule has 2 aromatic carbocycles. The van der Waals surface area contributed by atoms with Crippen LogP contribution in [-0.4, -0.2) is 53.6 Å². The molecule has 1 saturated carbocycles. The molecular formula is C24H24ClN3O4. The first-order valence-corrected chi connectivity index (χ1v) is 11.0. The van der Waals surface area contributed by atoms with Crippen LogP contribution < -0.4 is 5.32 Å². The number of halogens is 1. The Morgan fingerprint density at radius 2 is 1.59 bits per heavy atom. The van der Waals surface area contributed by atoms with Crippen LogP contribution in [0.3, 0.4) is 0 Å². The molecule has 1 heterocycles. The number of amides is 4. The van der Waals surface area contributed by atoms with Gasteiger partial charge >= 0.3 is 0 Å². The smallest absolute Gasteiger partial charge is 0.261 e. The summed E-state index contributed by atoms with van der Waals surface area (Å²) in [7, 11) is 3.27. The van der Waals surface area contributed by atoms with Crippen molar-refractivity contribution in [2.45, 2.75) is 38.1 Å². The molecule has 0 aromatic heterocycles. The summed E-state index contributed by atoms with van der Waals surface area (Å²) in [5.74, 6) is -1.34. The van der Waals surface area contributed by atoms with Gasteiger partial charge in [-0.1, -0.05) is 30.9 Å². The van der Waals surface area contributed by atoms with E-state index in [-0.39, 0.29) is 45.6 Å². The van der Waals surface area contributed by atoms with E-state index in [0.717, 1.165) is 32.1 Å². The zero-order valence-corrected chi connectivity index (χ0v) is 18.7. The van der Waals surface area contributed by atoms with Crippen molar-refractivity contribution in [2.24, 2.45) is 0 Å². The summed E-state index contributed by atoms with van der Waals surface area (Å²) in [5, 5.41) is 2.98. The highest BCUT2D eigenvalue weighted by atomic mass is 35.5. The second-order valence-electron chi connectivity index (χ2n) is 8.38. The fraction of sp³-hybridized carbons (Fsp3) is 0.333. The Hall–Kier alpha value is -3.19.